The van der Waals surface area contributed by atoms with Crippen molar-refractivity contribution in [3.63, 3.8) is 0 Å². The molecule has 182 valence electrons. The van der Waals surface area contributed by atoms with Gasteiger partial charge >= 0.3 is 5.97 Å². The van der Waals surface area contributed by atoms with E-state index in [1.165, 1.54) is 0 Å². The van der Waals surface area contributed by atoms with Crippen molar-refractivity contribution in [2.24, 2.45) is 0 Å². The molecular formula is C29H32N2O4. The Balaban J connectivity index is 1.68. The van der Waals surface area contributed by atoms with Crippen LogP contribution in [0.5, 0.6) is 0 Å². The van der Waals surface area contributed by atoms with E-state index >= 15 is 0 Å². The second kappa shape index (κ2) is 10.3. The average molecular weight is 473 g/mol. The van der Waals surface area contributed by atoms with Crippen LogP contribution in [0.25, 0.3) is 11.1 Å². The quantitative estimate of drug-likeness (QED) is 0.482. The fraction of sp³-hybridized carbons (Fsp3) is 0.310. The summed E-state index contributed by atoms with van der Waals surface area (Å²) in [6.45, 7) is 10.3. The summed E-state index contributed by atoms with van der Waals surface area (Å²) in [7, 11) is 0. The van der Waals surface area contributed by atoms with Crippen molar-refractivity contribution in [3.8, 4) is 11.1 Å². The molecule has 6 heteroatoms. The molecule has 1 aliphatic rings. The average Bonchev–Trinajstić information content (AvgIpc) is 2.84. The molecule has 0 bridgehead atoms. The Morgan fingerprint density at radius 1 is 0.886 bits per heavy atom. The van der Waals surface area contributed by atoms with E-state index in [2.05, 4.69) is 10.2 Å². The van der Waals surface area contributed by atoms with Crippen LogP contribution in [-0.2, 0) is 9.47 Å². The molecule has 0 saturated carbocycles. The number of benzene rings is 3. The van der Waals surface area contributed by atoms with Crippen LogP contribution in [0.15, 0.2) is 66.7 Å². The predicted molar refractivity (Wildman–Crippen MR) is 139 cm³/mol. The lowest BCUT2D eigenvalue weighted by Gasteiger charge is -2.29. The second-order valence-corrected chi connectivity index (χ2v) is 9.68. The molecule has 1 amide bonds. The number of esters is 1. The number of carbonyl (C=O) groups excluding carboxylic acids is 2. The van der Waals surface area contributed by atoms with Crippen LogP contribution in [0.4, 0.5) is 11.4 Å². The molecule has 3 aromatic rings. The second-order valence-electron chi connectivity index (χ2n) is 9.68. The van der Waals surface area contributed by atoms with Crippen LogP contribution < -0.4 is 10.2 Å². The van der Waals surface area contributed by atoms with Gasteiger partial charge in [0.2, 0.25) is 0 Å². The Morgan fingerprint density at radius 3 is 2.29 bits per heavy atom. The van der Waals surface area contributed by atoms with E-state index in [-0.39, 0.29) is 5.91 Å². The summed E-state index contributed by atoms with van der Waals surface area (Å²) in [6.07, 6.45) is 0. The van der Waals surface area contributed by atoms with Crippen molar-refractivity contribution in [3.05, 3.63) is 83.4 Å². The van der Waals surface area contributed by atoms with E-state index in [4.69, 9.17) is 9.47 Å². The smallest absolute Gasteiger partial charge is 0.340 e. The Morgan fingerprint density at radius 2 is 1.60 bits per heavy atom. The normalized spacial score (nSPS) is 13.9. The number of ether oxygens (including phenoxy) is 2. The number of morpholine rings is 1. The third-order valence-corrected chi connectivity index (χ3v) is 5.84. The van der Waals surface area contributed by atoms with Crippen LogP contribution >= 0.6 is 0 Å². The molecule has 0 aromatic heterocycles. The van der Waals surface area contributed by atoms with E-state index in [1.54, 1.807) is 6.07 Å². The molecule has 3 aromatic carbocycles. The Bertz CT molecular complexity index is 1210. The topological polar surface area (TPSA) is 67.9 Å². The van der Waals surface area contributed by atoms with E-state index in [9.17, 15) is 9.59 Å². The van der Waals surface area contributed by atoms with Gasteiger partial charge in [-0.2, -0.15) is 0 Å². The maximum atomic E-state index is 13.5. The molecule has 4 rings (SSSR count). The van der Waals surface area contributed by atoms with Crippen LogP contribution in [0.2, 0.25) is 0 Å². The first-order chi connectivity index (χ1) is 16.7. The highest BCUT2D eigenvalue weighted by Gasteiger charge is 2.23. The molecule has 1 N–H and O–H groups in total. The van der Waals surface area contributed by atoms with Gasteiger partial charge in [-0.05, 0) is 68.7 Å². The lowest BCUT2D eigenvalue weighted by molar-refractivity contribution is 0.00708. The molecule has 0 spiro atoms. The van der Waals surface area contributed by atoms with Crippen molar-refractivity contribution in [1.29, 1.82) is 0 Å². The van der Waals surface area contributed by atoms with Gasteiger partial charge in [-0.15, -0.1) is 0 Å². The highest BCUT2D eigenvalue weighted by molar-refractivity contribution is 6.09. The van der Waals surface area contributed by atoms with Gasteiger partial charge in [0.05, 0.1) is 24.5 Å². The zero-order valence-corrected chi connectivity index (χ0v) is 20.8. The van der Waals surface area contributed by atoms with Crippen molar-refractivity contribution in [1.82, 2.24) is 0 Å². The summed E-state index contributed by atoms with van der Waals surface area (Å²) in [5.74, 6) is -0.751. The van der Waals surface area contributed by atoms with Gasteiger partial charge in [0.1, 0.15) is 5.60 Å². The summed E-state index contributed by atoms with van der Waals surface area (Å²) < 4.78 is 11.1. The Labute approximate surface area is 206 Å². The molecule has 0 unspecified atom stereocenters. The van der Waals surface area contributed by atoms with Gasteiger partial charge in [0.15, 0.2) is 0 Å². The van der Waals surface area contributed by atoms with E-state index in [0.29, 0.717) is 30.0 Å². The largest absolute Gasteiger partial charge is 0.456 e. The number of amides is 1. The first kappa shape index (κ1) is 24.5. The summed E-state index contributed by atoms with van der Waals surface area (Å²) >= 11 is 0. The zero-order chi connectivity index (χ0) is 25.0. The molecule has 1 fully saturated rings. The summed E-state index contributed by atoms with van der Waals surface area (Å²) in [5, 5.41) is 2.99. The lowest BCUT2D eigenvalue weighted by Crippen LogP contribution is -2.36. The van der Waals surface area contributed by atoms with Crippen molar-refractivity contribution in [2.45, 2.75) is 33.3 Å². The number of hydrogen-bond acceptors (Lipinski definition) is 5. The highest BCUT2D eigenvalue weighted by atomic mass is 16.6. The zero-order valence-electron chi connectivity index (χ0n) is 20.8. The minimum atomic E-state index is -0.653. The molecule has 0 radical (unpaired) electrons. The third kappa shape index (κ3) is 6.08. The SMILES string of the molecule is Cc1ccc(N2CCOCC2)cc1C(=O)Nc1cc(-c2ccccc2)ccc1C(=O)OC(C)(C)C. The van der Waals surface area contributed by atoms with Gasteiger partial charge in [-0.25, -0.2) is 4.79 Å². The number of nitrogens with zero attached hydrogens (tertiary/aromatic N) is 1. The number of anilines is 2. The fourth-order valence-corrected chi connectivity index (χ4v) is 4.03. The van der Waals surface area contributed by atoms with Crippen LogP contribution in [0.1, 0.15) is 47.1 Å². The molecule has 0 aliphatic carbocycles. The fourth-order valence-electron chi connectivity index (χ4n) is 4.03. The Kier molecular flexibility index (Phi) is 7.22. The first-order valence-corrected chi connectivity index (χ1v) is 11.9. The summed E-state index contributed by atoms with van der Waals surface area (Å²) in [6, 6.07) is 21.1. The molecular weight excluding hydrogens is 440 g/mol. The first-order valence-electron chi connectivity index (χ1n) is 11.9. The molecule has 1 heterocycles. The maximum Gasteiger partial charge on any atom is 0.340 e. The van der Waals surface area contributed by atoms with Crippen LogP contribution in [-0.4, -0.2) is 43.8 Å². The monoisotopic (exact) mass is 472 g/mol. The molecule has 0 atom stereocenters. The lowest BCUT2D eigenvalue weighted by atomic mass is 10.0. The predicted octanol–water partition coefficient (Wildman–Crippen LogP) is 5.71. The molecule has 1 aliphatic heterocycles. The van der Waals surface area contributed by atoms with E-state index in [0.717, 1.165) is 35.5 Å². The third-order valence-electron chi connectivity index (χ3n) is 5.84. The molecule has 6 nitrogen and oxygen atoms in total. The van der Waals surface area contributed by atoms with Crippen LogP contribution in [0.3, 0.4) is 0 Å². The Hall–Kier alpha value is -3.64. The molecule has 35 heavy (non-hydrogen) atoms. The molecule has 1 saturated heterocycles. The maximum absolute atomic E-state index is 13.5. The van der Waals surface area contributed by atoms with Crippen LogP contribution in [0, 0.1) is 6.92 Å². The minimum Gasteiger partial charge on any atom is -0.456 e. The number of carbonyl (C=O) groups is 2. The van der Waals surface area contributed by atoms with E-state index in [1.807, 2.05) is 88.4 Å². The van der Waals surface area contributed by atoms with Gasteiger partial charge in [-0.3, -0.25) is 4.79 Å². The van der Waals surface area contributed by atoms with Gasteiger partial charge in [0, 0.05) is 24.3 Å². The number of aryl methyl sites for hydroxylation is 1. The van der Waals surface area contributed by atoms with Crippen molar-refractivity contribution in [2.75, 3.05) is 36.5 Å². The van der Waals surface area contributed by atoms with Crippen molar-refractivity contribution < 1.29 is 19.1 Å². The van der Waals surface area contributed by atoms with E-state index < -0.39 is 11.6 Å². The standard InChI is InChI=1S/C29H32N2O4/c1-20-10-12-23(31-14-16-34-17-15-31)19-25(20)27(32)30-26-18-22(21-8-6-5-7-9-21)11-13-24(26)28(33)35-29(2,3)4/h5-13,18-19H,14-17H2,1-4H3,(H,30,32). The summed E-state index contributed by atoms with van der Waals surface area (Å²) in [4.78, 5) is 28.7. The number of rotatable bonds is 5. The van der Waals surface area contributed by atoms with Gasteiger partial charge in [-0.1, -0.05) is 42.5 Å². The summed E-state index contributed by atoms with van der Waals surface area (Å²) in [5.41, 5.74) is 4.37. The van der Waals surface area contributed by atoms with Crippen molar-refractivity contribution >= 4 is 23.3 Å². The minimum absolute atomic E-state index is 0.271. The highest BCUT2D eigenvalue weighted by Crippen LogP contribution is 2.29. The van der Waals surface area contributed by atoms with Gasteiger partial charge in [0.25, 0.3) is 5.91 Å². The van der Waals surface area contributed by atoms with Gasteiger partial charge < -0.3 is 19.7 Å². The number of nitrogens with one attached hydrogen (secondary N) is 1. The number of hydrogen-bond donors (Lipinski definition) is 1.